The topological polar surface area (TPSA) is 81.1 Å². The van der Waals surface area contributed by atoms with Crippen molar-refractivity contribution in [3.63, 3.8) is 0 Å². The molecule has 0 radical (unpaired) electrons. The van der Waals surface area contributed by atoms with Gasteiger partial charge in [0.25, 0.3) is 5.91 Å². The number of nitrogens with zero attached hydrogens (tertiary/aromatic N) is 1. The zero-order valence-corrected chi connectivity index (χ0v) is 11.9. The van der Waals surface area contributed by atoms with Gasteiger partial charge in [0.1, 0.15) is 17.0 Å². The first-order valence-electron chi connectivity index (χ1n) is 6.73. The second-order valence-corrected chi connectivity index (χ2v) is 6.05. The fraction of sp³-hybridized carbons (Fsp3) is 0.429. The number of carbonyl (C=O) groups is 1. The molecule has 1 amide bonds. The second kappa shape index (κ2) is 5.38. The lowest BCUT2D eigenvalue weighted by molar-refractivity contribution is 0.0898. The molecule has 1 saturated carbocycles. The second-order valence-electron chi connectivity index (χ2n) is 5.20. The Labute approximate surface area is 121 Å². The molecular weight excluding hydrogens is 274 g/mol. The Kier molecular flexibility index (Phi) is 3.58. The first-order chi connectivity index (χ1) is 9.72. The molecule has 0 aromatic carbocycles. The van der Waals surface area contributed by atoms with Crippen LogP contribution >= 0.6 is 11.3 Å². The van der Waals surface area contributed by atoms with Gasteiger partial charge in [-0.15, -0.1) is 11.3 Å². The lowest BCUT2D eigenvalue weighted by atomic mass is 9.98. The minimum Gasteiger partial charge on any atom is -0.472 e. The van der Waals surface area contributed by atoms with Gasteiger partial charge in [-0.05, 0) is 18.9 Å². The summed E-state index contributed by atoms with van der Waals surface area (Å²) in [7, 11) is 0. The van der Waals surface area contributed by atoms with E-state index in [1.807, 2.05) is 6.07 Å². The highest BCUT2D eigenvalue weighted by atomic mass is 32.1. The van der Waals surface area contributed by atoms with Gasteiger partial charge in [-0.3, -0.25) is 4.79 Å². The highest BCUT2D eigenvalue weighted by Gasteiger charge is 2.34. The largest absolute Gasteiger partial charge is 0.472 e. The first-order valence-corrected chi connectivity index (χ1v) is 7.61. The van der Waals surface area contributed by atoms with Crippen molar-refractivity contribution >= 4 is 17.2 Å². The van der Waals surface area contributed by atoms with Gasteiger partial charge in [0, 0.05) is 17.5 Å². The van der Waals surface area contributed by atoms with Crippen LogP contribution in [0.15, 0.2) is 28.4 Å². The van der Waals surface area contributed by atoms with Crippen LogP contribution in [0.4, 0.5) is 0 Å². The monoisotopic (exact) mass is 291 g/mol. The molecule has 3 N–H and O–H groups in total. The summed E-state index contributed by atoms with van der Waals surface area (Å²) >= 11 is 1.44. The maximum Gasteiger partial charge on any atom is 0.271 e. The van der Waals surface area contributed by atoms with Crippen molar-refractivity contribution in [1.29, 1.82) is 0 Å². The van der Waals surface area contributed by atoms with Crippen molar-refractivity contribution in [2.45, 2.75) is 31.2 Å². The molecule has 3 rings (SSSR count). The lowest BCUT2D eigenvalue weighted by Gasteiger charge is -2.28. The van der Waals surface area contributed by atoms with Crippen molar-refractivity contribution in [1.82, 2.24) is 10.3 Å². The first kappa shape index (κ1) is 13.3. The molecule has 6 heteroatoms. The molecule has 2 aromatic rings. The molecular formula is C14H17N3O2S. The van der Waals surface area contributed by atoms with Crippen LogP contribution in [0.1, 0.15) is 36.2 Å². The van der Waals surface area contributed by atoms with E-state index in [0.29, 0.717) is 12.2 Å². The summed E-state index contributed by atoms with van der Waals surface area (Å²) in [6.45, 7) is 0.484. The SMILES string of the molecule is NCC1(NC(=O)c2csc(-c3ccoc3)n2)CCCC1. The molecule has 0 spiro atoms. The Balaban J connectivity index is 1.74. The zero-order chi connectivity index (χ0) is 14.0. The van der Waals surface area contributed by atoms with Crippen LogP contribution < -0.4 is 11.1 Å². The molecule has 0 bridgehead atoms. The molecule has 1 fully saturated rings. The Hall–Kier alpha value is -1.66. The number of carbonyl (C=O) groups excluding carboxylic acids is 1. The number of furan rings is 1. The van der Waals surface area contributed by atoms with E-state index in [-0.39, 0.29) is 11.4 Å². The minimum absolute atomic E-state index is 0.136. The normalized spacial score (nSPS) is 17.2. The molecule has 1 aliphatic carbocycles. The summed E-state index contributed by atoms with van der Waals surface area (Å²) in [5.74, 6) is -0.136. The standard InChI is InChI=1S/C14H17N3O2S/c15-9-14(4-1-2-5-14)17-12(18)11-8-20-13(16-11)10-3-6-19-7-10/h3,6-8H,1-2,4-5,9,15H2,(H,17,18). The summed E-state index contributed by atoms with van der Waals surface area (Å²) in [5, 5.41) is 5.64. The van der Waals surface area contributed by atoms with E-state index in [0.717, 1.165) is 36.3 Å². The molecule has 0 saturated heterocycles. The van der Waals surface area contributed by atoms with Gasteiger partial charge in [-0.25, -0.2) is 4.98 Å². The fourth-order valence-electron chi connectivity index (χ4n) is 2.63. The number of thiazole rings is 1. The summed E-state index contributed by atoms with van der Waals surface area (Å²) in [4.78, 5) is 16.7. The van der Waals surface area contributed by atoms with Gasteiger partial charge in [-0.1, -0.05) is 12.8 Å². The van der Waals surface area contributed by atoms with E-state index in [4.69, 9.17) is 10.2 Å². The van der Waals surface area contributed by atoms with Crippen LogP contribution in [-0.4, -0.2) is 23.0 Å². The third-order valence-electron chi connectivity index (χ3n) is 3.84. The van der Waals surface area contributed by atoms with Crippen molar-refractivity contribution < 1.29 is 9.21 Å². The van der Waals surface area contributed by atoms with Crippen LogP contribution in [0.3, 0.4) is 0 Å². The van der Waals surface area contributed by atoms with Crippen LogP contribution in [0.5, 0.6) is 0 Å². The summed E-state index contributed by atoms with van der Waals surface area (Å²) in [6.07, 6.45) is 7.36. The van der Waals surface area contributed by atoms with E-state index in [9.17, 15) is 4.79 Å². The number of hydrogen-bond donors (Lipinski definition) is 2. The minimum atomic E-state index is -0.240. The van der Waals surface area contributed by atoms with Crippen LogP contribution in [0, 0.1) is 0 Å². The van der Waals surface area contributed by atoms with E-state index < -0.39 is 0 Å². The quantitative estimate of drug-likeness (QED) is 0.906. The van der Waals surface area contributed by atoms with Crippen molar-refractivity contribution in [2.75, 3.05) is 6.54 Å². The van der Waals surface area contributed by atoms with Crippen molar-refractivity contribution in [2.24, 2.45) is 5.73 Å². The zero-order valence-electron chi connectivity index (χ0n) is 11.1. The predicted octanol–water partition coefficient (Wildman–Crippen LogP) is 2.40. The molecule has 20 heavy (non-hydrogen) atoms. The molecule has 106 valence electrons. The van der Waals surface area contributed by atoms with Crippen LogP contribution in [0.25, 0.3) is 10.6 Å². The average molecular weight is 291 g/mol. The number of hydrogen-bond acceptors (Lipinski definition) is 5. The summed E-state index contributed by atoms with van der Waals surface area (Å²) in [6, 6.07) is 1.83. The maximum absolute atomic E-state index is 12.3. The lowest BCUT2D eigenvalue weighted by Crippen LogP contribution is -2.51. The fourth-order valence-corrected chi connectivity index (χ4v) is 3.42. The highest BCUT2D eigenvalue weighted by molar-refractivity contribution is 7.13. The number of nitrogens with two attached hydrogens (primary N) is 1. The third-order valence-corrected chi connectivity index (χ3v) is 4.73. The van der Waals surface area contributed by atoms with Crippen LogP contribution in [0.2, 0.25) is 0 Å². The van der Waals surface area contributed by atoms with Gasteiger partial charge in [0.05, 0.1) is 11.8 Å². The molecule has 5 nitrogen and oxygen atoms in total. The van der Waals surface area contributed by atoms with E-state index in [2.05, 4.69) is 10.3 Å². The average Bonchev–Trinajstić information content (AvgIpc) is 3.19. The number of rotatable bonds is 4. The third kappa shape index (κ3) is 2.48. The summed E-state index contributed by atoms with van der Waals surface area (Å²) < 4.78 is 5.03. The maximum atomic E-state index is 12.3. The van der Waals surface area contributed by atoms with Gasteiger partial charge < -0.3 is 15.5 Å². The van der Waals surface area contributed by atoms with E-state index in [1.54, 1.807) is 17.9 Å². The highest BCUT2D eigenvalue weighted by Crippen LogP contribution is 2.29. The molecule has 0 aliphatic heterocycles. The van der Waals surface area contributed by atoms with Crippen LogP contribution in [-0.2, 0) is 0 Å². The Morgan fingerprint density at radius 2 is 2.30 bits per heavy atom. The Morgan fingerprint density at radius 1 is 1.50 bits per heavy atom. The van der Waals surface area contributed by atoms with Gasteiger partial charge >= 0.3 is 0 Å². The Morgan fingerprint density at radius 3 is 2.95 bits per heavy atom. The molecule has 0 unspecified atom stereocenters. The predicted molar refractivity (Wildman–Crippen MR) is 77.5 cm³/mol. The molecule has 2 heterocycles. The van der Waals surface area contributed by atoms with Crippen molar-refractivity contribution in [3.8, 4) is 10.6 Å². The molecule has 1 aliphatic rings. The van der Waals surface area contributed by atoms with Gasteiger partial charge in [0.2, 0.25) is 0 Å². The van der Waals surface area contributed by atoms with E-state index >= 15 is 0 Å². The number of amides is 1. The molecule has 2 aromatic heterocycles. The number of aromatic nitrogens is 1. The number of nitrogens with one attached hydrogen (secondary N) is 1. The van der Waals surface area contributed by atoms with Gasteiger partial charge in [-0.2, -0.15) is 0 Å². The van der Waals surface area contributed by atoms with Gasteiger partial charge in [0.15, 0.2) is 0 Å². The van der Waals surface area contributed by atoms with E-state index in [1.165, 1.54) is 11.3 Å². The molecule has 0 atom stereocenters. The van der Waals surface area contributed by atoms with Crippen molar-refractivity contribution in [3.05, 3.63) is 29.7 Å². The Bertz CT molecular complexity index is 585. The smallest absolute Gasteiger partial charge is 0.271 e. The summed E-state index contributed by atoms with van der Waals surface area (Å²) in [5.41, 5.74) is 6.94.